The van der Waals surface area contributed by atoms with Crippen LogP contribution in [0, 0.1) is 0 Å². The Hall–Kier alpha value is -2.59. The molecule has 1 rings (SSSR count). The molecule has 0 bridgehead atoms. The molecule has 0 aliphatic carbocycles. The van der Waals surface area contributed by atoms with E-state index < -0.39 is 47.9 Å². The van der Waals surface area contributed by atoms with Crippen molar-refractivity contribution in [3.05, 3.63) is 35.9 Å². The average molecular weight is 439 g/mol. The summed E-state index contributed by atoms with van der Waals surface area (Å²) in [4.78, 5) is 48.4. The topological polar surface area (TPSA) is 151 Å². The summed E-state index contributed by atoms with van der Waals surface area (Å²) in [5, 5.41) is 17.0. The Labute approximate surface area is 180 Å². The number of carbonyl (C=O) groups is 4. The highest BCUT2D eigenvalue weighted by Crippen LogP contribution is 2.05. The molecule has 0 radical (unpaired) electrons. The van der Waals surface area contributed by atoms with E-state index in [0.717, 1.165) is 5.56 Å². The van der Waals surface area contributed by atoms with Crippen molar-refractivity contribution in [1.29, 1.82) is 0 Å². The number of rotatable bonds is 12. The Kier molecular flexibility index (Phi) is 10.9. The highest BCUT2D eigenvalue weighted by Gasteiger charge is 2.27. The Balaban J connectivity index is 2.72. The van der Waals surface area contributed by atoms with Gasteiger partial charge in [-0.05, 0) is 37.8 Å². The van der Waals surface area contributed by atoms with Crippen LogP contribution in [0.25, 0.3) is 0 Å². The molecule has 30 heavy (non-hydrogen) atoms. The summed E-state index contributed by atoms with van der Waals surface area (Å²) in [5.41, 5.74) is 6.30. The van der Waals surface area contributed by atoms with Crippen LogP contribution in [-0.2, 0) is 25.6 Å². The van der Waals surface area contributed by atoms with Gasteiger partial charge in [-0.2, -0.15) is 11.8 Å². The van der Waals surface area contributed by atoms with Crippen molar-refractivity contribution in [3.8, 4) is 0 Å². The van der Waals surface area contributed by atoms with Gasteiger partial charge in [-0.15, -0.1) is 0 Å². The molecule has 4 atom stereocenters. The molecule has 166 valence electrons. The first-order valence-electron chi connectivity index (χ1n) is 9.58. The van der Waals surface area contributed by atoms with Crippen molar-refractivity contribution in [3.63, 3.8) is 0 Å². The van der Waals surface area contributed by atoms with Gasteiger partial charge in [0.1, 0.15) is 18.1 Å². The molecule has 0 aromatic heterocycles. The van der Waals surface area contributed by atoms with E-state index in [2.05, 4.69) is 16.0 Å². The third-order valence-electron chi connectivity index (χ3n) is 4.31. The highest BCUT2D eigenvalue weighted by molar-refractivity contribution is 7.98. The van der Waals surface area contributed by atoms with Gasteiger partial charge in [-0.1, -0.05) is 30.3 Å². The van der Waals surface area contributed by atoms with Crippen LogP contribution in [0.2, 0.25) is 0 Å². The number of thioether (sulfide) groups is 1. The van der Waals surface area contributed by atoms with Crippen molar-refractivity contribution in [2.75, 3.05) is 12.0 Å². The molecule has 0 aliphatic rings. The maximum Gasteiger partial charge on any atom is 0.326 e. The van der Waals surface area contributed by atoms with Crippen molar-refractivity contribution < 1.29 is 24.3 Å². The fourth-order valence-corrected chi connectivity index (χ4v) is 3.01. The molecule has 10 heteroatoms. The van der Waals surface area contributed by atoms with Crippen LogP contribution in [0.3, 0.4) is 0 Å². The quantitative estimate of drug-likeness (QED) is 0.305. The third kappa shape index (κ3) is 8.83. The van der Waals surface area contributed by atoms with Gasteiger partial charge in [-0.3, -0.25) is 14.4 Å². The summed E-state index contributed by atoms with van der Waals surface area (Å²) < 4.78 is 0. The van der Waals surface area contributed by atoms with E-state index in [0.29, 0.717) is 12.2 Å². The molecule has 0 spiro atoms. The van der Waals surface area contributed by atoms with Crippen LogP contribution < -0.4 is 21.7 Å². The number of aliphatic carboxylic acids is 1. The highest BCUT2D eigenvalue weighted by atomic mass is 32.2. The minimum atomic E-state index is -1.17. The smallest absolute Gasteiger partial charge is 0.326 e. The fraction of sp³-hybridized carbons (Fsp3) is 0.500. The van der Waals surface area contributed by atoms with E-state index >= 15 is 0 Å². The molecule has 1 aromatic carbocycles. The molecule has 0 aliphatic heterocycles. The number of hydrogen-bond donors (Lipinski definition) is 5. The average Bonchev–Trinajstić information content (AvgIpc) is 2.70. The summed E-state index contributed by atoms with van der Waals surface area (Å²) in [7, 11) is 0. The molecule has 0 fully saturated rings. The van der Waals surface area contributed by atoms with E-state index in [-0.39, 0.29) is 6.42 Å². The molecule has 6 N–H and O–H groups in total. The number of benzene rings is 1. The van der Waals surface area contributed by atoms with Crippen LogP contribution in [0.1, 0.15) is 25.8 Å². The summed E-state index contributed by atoms with van der Waals surface area (Å²) in [6, 6.07) is 5.18. The fourth-order valence-electron chi connectivity index (χ4n) is 2.53. The van der Waals surface area contributed by atoms with Gasteiger partial charge >= 0.3 is 5.97 Å². The number of nitrogens with one attached hydrogen (secondary N) is 3. The number of carbonyl (C=O) groups excluding carboxylic acids is 3. The van der Waals surface area contributed by atoms with Crippen molar-refractivity contribution in [2.45, 2.75) is 50.9 Å². The van der Waals surface area contributed by atoms with E-state index in [1.807, 2.05) is 12.3 Å². The van der Waals surface area contributed by atoms with Crippen LogP contribution in [0.5, 0.6) is 0 Å². The summed E-state index contributed by atoms with van der Waals surface area (Å²) in [5.74, 6) is -2.19. The van der Waals surface area contributed by atoms with Gasteiger partial charge in [0.2, 0.25) is 17.7 Å². The summed E-state index contributed by atoms with van der Waals surface area (Å²) in [6.45, 7) is 2.96. The summed E-state index contributed by atoms with van der Waals surface area (Å²) >= 11 is 1.51. The number of hydrogen-bond acceptors (Lipinski definition) is 6. The van der Waals surface area contributed by atoms with E-state index in [1.54, 1.807) is 24.3 Å². The second-order valence-corrected chi connectivity index (χ2v) is 7.94. The lowest BCUT2D eigenvalue weighted by Crippen LogP contribution is -2.56. The second-order valence-electron chi connectivity index (χ2n) is 6.95. The summed E-state index contributed by atoms with van der Waals surface area (Å²) in [6.07, 6.45) is 2.35. The first-order valence-corrected chi connectivity index (χ1v) is 11.0. The Bertz CT molecular complexity index is 729. The van der Waals surface area contributed by atoms with Crippen LogP contribution in [-0.4, -0.2) is 65.0 Å². The van der Waals surface area contributed by atoms with Gasteiger partial charge in [0.15, 0.2) is 0 Å². The van der Waals surface area contributed by atoms with Gasteiger partial charge < -0.3 is 26.8 Å². The maximum absolute atomic E-state index is 12.6. The zero-order valence-electron chi connectivity index (χ0n) is 17.4. The van der Waals surface area contributed by atoms with Gasteiger partial charge in [0.05, 0.1) is 6.04 Å². The molecule has 0 saturated carbocycles. The number of carboxylic acids is 1. The molecule has 3 amide bonds. The first-order chi connectivity index (χ1) is 14.1. The van der Waals surface area contributed by atoms with Crippen molar-refractivity contribution in [2.24, 2.45) is 5.73 Å². The Morgan fingerprint density at radius 3 is 2.10 bits per heavy atom. The minimum Gasteiger partial charge on any atom is -0.480 e. The molecule has 4 unspecified atom stereocenters. The second kappa shape index (κ2) is 12.9. The third-order valence-corrected chi connectivity index (χ3v) is 4.95. The normalized spacial score (nSPS) is 14.7. The first kappa shape index (κ1) is 25.4. The Morgan fingerprint density at radius 2 is 1.57 bits per heavy atom. The zero-order chi connectivity index (χ0) is 22.7. The monoisotopic (exact) mass is 438 g/mol. The molecular formula is C20H30N4O5S. The number of carboxylic acid groups (broad SMARTS) is 1. The van der Waals surface area contributed by atoms with E-state index in [4.69, 9.17) is 5.73 Å². The van der Waals surface area contributed by atoms with Crippen molar-refractivity contribution >= 4 is 35.5 Å². The molecule has 9 nitrogen and oxygen atoms in total. The van der Waals surface area contributed by atoms with Crippen LogP contribution in [0.4, 0.5) is 0 Å². The van der Waals surface area contributed by atoms with E-state index in [1.165, 1.54) is 25.6 Å². The van der Waals surface area contributed by atoms with Crippen molar-refractivity contribution in [1.82, 2.24) is 16.0 Å². The number of amides is 3. The van der Waals surface area contributed by atoms with Crippen LogP contribution in [0.15, 0.2) is 30.3 Å². The lowest BCUT2D eigenvalue weighted by Gasteiger charge is -2.23. The lowest BCUT2D eigenvalue weighted by atomic mass is 10.1. The van der Waals surface area contributed by atoms with Crippen LogP contribution >= 0.6 is 11.8 Å². The standard InChI is InChI=1S/C20H30N4O5S/c1-12(21)17(25)23-15(9-10-30-3)19(27)22-13(2)18(26)24-16(20(28)29)11-14-7-5-4-6-8-14/h4-8,12-13,15-16H,9-11,21H2,1-3H3,(H,22,27)(H,23,25)(H,24,26)(H,28,29). The van der Waals surface area contributed by atoms with Gasteiger partial charge in [-0.25, -0.2) is 4.79 Å². The SMILES string of the molecule is CSCCC(NC(=O)C(C)N)C(=O)NC(C)C(=O)NC(Cc1ccccc1)C(=O)O. The number of nitrogens with two attached hydrogens (primary N) is 1. The molecular weight excluding hydrogens is 408 g/mol. The largest absolute Gasteiger partial charge is 0.480 e. The minimum absolute atomic E-state index is 0.114. The zero-order valence-corrected chi connectivity index (χ0v) is 18.2. The predicted molar refractivity (Wildman–Crippen MR) is 116 cm³/mol. The predicted octanol–water partition coefficient (Wildman–Crippen LogP) is -0.112. The van der Waals surface area contributed by atoms with Gasteiger partial charge in [0, 0.05) is 6.42 Å². The molecule has 1 aromatic rings. The molecule has 0 saturated heterocycles. The van der Waals surface area contributed by atoms with Gasteiger partial charge in [0.25, 0.3) is 0 Å². The Morgan fingerprint density at radius 1 is 0.967 bits per heavy atom. The van der Waals surface area contributed by atoms with E-state index in [9.17, 15) is 24.3 Å². The molecule has 0 heterocycles. The maximum atomic E-state index is 12.6. The lowest BCUT2D eigenvalue weighted by molar-refractivity contribution is -0.142.